The van der Waals surface area contributed by atoms with Gasteiger partial charge in [0.2, 0.25) is 0 Å². The number of anilines is 1. The minimum Gasteiger partial charge on any atom is -0.365 e. The fourth-order valence-corrected chi connectivity index (χ4v) is 3.41. The zero-order chi connectivity index (χ0) is 14.8. The lowest BCUT2D eigenvalue weighted by Crippen LogP contribution is -2.35. The molecule has 108 valence electrons. The van der Waals surface area contributed by atoms with Crippen molar-refractivity contribution in [3.05, 3.63) is 42.5 Å². The van der Waals surface area contributed by atoms with Crippen molar-refractivity contribution < 1.29 is 9.59 Å². The number of benzene rings is 2. The van der Waals surface area contributed by atoms with Gasteiger partial charge in [-0.25, -0.2) is 0 Å². The molecule has 0 unspecified atom stereocenters. The van der Waals surface area contributed by atoms with Gasteiger partial charge in [-0.2, -0.15) is 0 Å². The Balaban J connectivity index is 1.86. The van der Waals surface area contributed by atoms with Crippen molar-refractivity contribution in [1.82, 2.24) is 4.90 Å². The lowest BCUT2D eigenvalue weighted by atomic mass is 10.1. The highest BCUT2D eigenvalue weighted by Gasteiger charge is 2.39. The van der Waals surface area contributed by atoms with Gasteiger partial charge in [-0.1, -0.05) is 36.4 Å². The van der Waals surface area contributed by atoms with Crippen LogP contribution < -0.4 is 5.32 Å². The summed E-state index contributed by atoms with van der Waals surface area (Å²) in [7, 11) is 0. The van der Waals surface area contributed by atoms with E-state index in [4.69, 9.17) is 11.6 Å². The Morgan fingerprint density at radius 1 is 1.14 bits per heavy atom. The number of thioether (sulfide) groups is 1. The van der Waals surface area contributed by atoms with E-state index in [9.17, 15) is 9.59 Å². The number of hydrogen-bond acceptors (Lipinski definition) is 4. The monoisotopic (exact) mass is 320 g/mol. The van der Waals surface area contributed by atoms with Gasteiger partial charge in [0.1, 0.15) is 0 Å². The summed E-state index contributed by atoms with van der Waals surface area (Å²) in [4.78, 5) is 25.2. The van der Waals surface area contributed by atoms with Gasteiger partial charge in [0.05, 0.1) is 0 Å². The molecule has 6 heteroatoms. The maximum absolute atomic E-state index is 12.2. The third-order valence-corrected chi connectivity index (χ3v) is 4.46. The van der Waals surface area contributed by atoms with Gasteiger partial charge < -0.3 is 5.32 Å². The van der Waals surface area contributed by atoms with Crippen LogP contribution in [0.3, 0.4) is 0 Å². The first kappa shape index (κ1) is 14.2. The summed E-state index contributed by atoms with van der Waals surface area (Å²) in [6, 6.07) is 13.7. The molecule has 21 heavy (non-hydrogen) atoms. The van der Waals surface area contributed by atoms with Crippen molar-refractivity contribution in [3.8, 4) is 0 Å². The van der Waals surface area contributed by atoms with Gasteiger partial charge in [-0.15, -0.1) is 11.6 Å². The zero-order valence-corrected chi connectivity index (χ0v) is 12.7. The molecular weight excluding hydrogens is 308 g/mol. The highest BCUT2D eigenvalue weighted by molar-refractivity contribution is 8.15. The number of alkyl halides is 1. The second-order valence-electron chi connectivity index (χ2n) is 4.61. The molecule has 4 nitrogen and oxygen atoms in total. The molecule has 2 aromatic rings. The molecule has 0 aromatic heterocycles. The van der Waals surface area contributed by atoms with Crippen molar-refractivity contribution in [2.75, 3.05) is 17.7 Å². The number of imide groups is 1. The highest BCUT2D eigenvalue weighted by atomic mass is 35.5. The Bertz CT molecular complexity index is 702. The van der Waals surface area contributed by atoms with Crippen LogP contribution in [0.2, 0.25) is 0 Å². The van der Waals surface area contributed by atoms with Crippen molar-refractivity contribution in [3.63, 3.8) is 0 Å². The summed E-state index contributed by atoms with van der Waals surface area (Å²) in [5.41, 5.74) is 0.847. The summed E-state index contributed by atoms with van der Waals surface area (Å²) < 4.78 is 0. The second-order valence-corrected chi connectivity index (χ2v) is 6.05. The number of rotatable bonds is 4. The van der Waals surface area contributed by atoms with Crippen LogP contribution in [-0.4, -0.2) is 33.8 Å². The fraction of sp³-hybridized carbons (Fsp3) is 0.200. The van der Waals surface area contributed by atoms with E-state index < -0.39 is 5.37 Å². The van der Waals surface area contributed by atoms with Crippen LogP contribution in [0, 0.1) is 0 Å². The minimum absolute atomic E-state index is 0.237. The van der Waals surface area contributed by atoms with E-state index >= 15 is 0 Å². The van der Waals surface area contributed by atoms with Crippen molar-refractivity contribution in [2.45, 2.75) is 5.37 Å². The lowest BCUT2D eigenvalue weighted by Gasteiger charge is -2.15. The first-order valence-corrected chi connectivity index (χ1v) is 7.94. The Hall–Kier alpha value is -1.72. The molecule has 1 heterocycles. The molecule has 0 saturated carbocycles. The summed E-state index contributed by atoms with van der Waals surface area (Å²) in [6.45, 7) is 0.250. The van der Waals surface area contributed by atoms with Crippen molar-refractivity contribution in [2.24, 2.45) is 0 Å². The van der Waals surface area contributed by atoms with Crippen LogP contribution in [0.25, 0.3) is 10.8 Å². The average Bonchev–Trinajstić information content (AvgIpc) is 2.76. The molecule has 1 aliphatic rings. The van der Waals surface area contributed by atoms with Crippen LogP contribution in [-0.2, 0) is 4.79 Å². The molecule has 0 aliphatic carbocycles. The molecule has 1 aliphatic heterocycles. The Kier molecular flexibility index (Phi) is 4.03. The Morgan fingerprint density at radius 3 is 2.71 bits per heavy atom. The summed E-state index contributed by atoms with van der Waals surface area (Å²) in [5, 5.41) is 4.43. The van der Waals surface area contributed by atoms with Gasteiger partial charge in [0.25, 0.3) is 11.1 Å². The number of fused-ring (bicyclic) bond motifs is 1. The Morgan fingerprint density at radius 2 is 1.90 bits per heavy atom. The van der Waals surface area contributed by atoms with E-state index in [1.165, 1.54) is 4.90 Å². The summed E-state index contributed by atoms with van der Waals surface area (Å²) in [5.74, 6) is 0.0116. The van der Waals surface area contributed by atoms with Crippen LogP contribution in [0.15, 0.2) is 42.5 Å². The molecule has 3 rings (SSSR count). The van der Waals surface area contributed by atoms with Crippen molar-refractivity contribution >= 4 is 51.0 Å². The van der Waals surface area contributed by atoms with Crippen molar-refractivity contribution in [1.29, 1.82) is 0 Å². The quantitative estimate of drug-likeness (QED) is 0.876. The van der Waals surface area contributed by atoms with E-state index in [1.807, 2.05) is 42.5 Å². The molecule has 1 atom stereocenters. The Labute approximate surface area is 131 Å². The topological polar surface area (TPSA) is 49.4 Å². The molecule has 0 spiro atoms. The predicted octanol–water partition coefficient (Wildman–Crippen LogP) is 3.51. The third-order valence-electron chi connectivity index (χ3n) is 3.31. The lowest BCUT2D eigenvalue weighted by molar-refractivity contribution is -0.126. The maximum atomic E-state index is 12.2. The molecule has 2 aromatic carbocycles. The van der Waals surface area contributed by atoms with Gasteiger partial charge in [0.15, 0.2) is 5.37 Å². The molecular formula is C15H13ClN2O2S. The summed E-state index contributed by atoms with van der Waals surface area (Å²) >= 11 is 6.62. The number of hydrogen-bond donors (Lipinski definition) is 1. The number of nitrogens with zero attached hydrogens (tertiary/aromatic N) is 1. The molecule has 1 saturated heterocycles. The van der Waals surface area contributed by atoms with Crippen LogP contribution in [0.4, 0.5) is 10.5 Å². The molecule has 1 fully saturated rings. The highest BCUT2D eigenvalue weighted by Crippen LogP contribution is 2.31. The molecule has 0 bridgehead atoms. The molecule has 0 radical (unpaired) electrons. The van der Waals surface area contributed by atoms with E-state index in [0.29, 0.717) is 0 Å². The fourth-order valence-electron chi connectivity index (χ4n) is 2.32. The van der Waals surface area contributed by atoms with E-state index in [0.717, 1.165) is 28.2 Å². The van der Waals surface area contributed by atoms with Crippen LogP contribution in [0.1, 0.15) is 0 Å². The number of nitrogens with one attached hydrogen (secondary N) is 1. The normalized spacial score (nSPS) is 18.5. The van der Waals surface area contributed by atoms with E-state index in [2.05, 4.69) is 5.32 Å². The smallest absolute Gasteiger partial charge is 0.290 e. The number of carbonyl (C=O) groups excluding carboxylic acids is 2. The molecule has 2 amide bonds. The minimum atomic E-state index is -0.591. The van der Waals surface area contributed by atoms with Crippen LogP contribution >= 0.6 is 23.4 Å². The van der Waals surface area contributed by atoms with Gasteiger partial charge in [-0.3, -0.25) is 14.5 Å². The second kappa shape index (κ2) is 5.95. The SMILES string of the molecule is O=C1S[C@@H](Nc2cccc3ccccc23)C(=O)N1CCCl. The van der Waals surface area contributed by atoms with E-state index in [-0.39, 0.29) is 23.6 Å². The number of carbonyl (C=O) groups is 2. The van der Waals surface area contributed by atoms with E-state index in [1.54, 1.807) is 0 Å². The first-order valence-electron chi connectivity index (χ1n) is 6.53. The third kappa shape index (κ3) is 2.71. The van der Waals surface area contributed by atoms with Gasteiger partial charge in [-0.05, 0) is 23.2 Å². The number of amides is 2. The van der Waals surface area contributed by atoms with Crippen LogP contribution in [0.5, 0.6) is 0 Å². The average molecular weight is 321 g/mol. The zero-order valence-electron chi connectivity index (χ0n) is 11.1. The van der Waals surface area contributed by atoms with Gasteiger partial charge >= 0.3 is 0 Å². The number of halogens is 1. The predicted molar refractivity (Wildman–Crippen MR) is 86.8 cm³/mol. The largest absolute Gasteiger partial charge is 0.365 e. The first-order chi connectivity index (χ1) is 10.2. The van der Waals surface area contributed by atoms with Gasteiger partial charge in [0, 0.05) is 23.5 Å². The standard InChI is InChI=1S/C15H13ClN2O2S/c16-8-9-18-14(19)13(21-15(18)20)17-12-7-3-5-10-4-1-2-6-11(10)12/h1-7,13,17H,8-9H2/t13-/m1/s1. The summed E-state index contributed by atoms with van der Waals surface area (Å²) in [6.07, 6.45) is 0. The maximum Gasteiger partial charge on any atom is 0.290 e. The molecule has 1 N–H and O–H groups in total.